The summed E-state index contributed by atoms with van der Waals surface area (Å²) < 4.78 is 10.5. The van der Waals surface area contributed by atoms with Crippen molar-refractivity contribution < 1.29 is 9.47 Å². The van der Waals surface area contributed by atoms with E-state index in [2.05, 4.69) is 16.4 Å². The highest BCUT2D eigenvalue weighted by atomic mass is 32.1. The van der Waals surface area contributed by atoms with Gasteiger partial charge in [0.1, 0.15) is 28.1 Å². The van der Waals surface area contributed by atoms with E-state index in [9.17, 15) is 5.26 Å². The Bertz CT molecular complexity index is 959. The third-order valence-electron chi connectivity index (χ3n) is 3.71. The molecule has 0 saturated heterocycles. The lowest BCUT2D eigenvalue weighted by molar-refractivity contribution is 0.395. The Morgan fingerprint density at radius 2 is 1.96 bits per heavy atom. The van der Waals surface area contributed by atoms with Gasteiger partial charge in [-0.05, 0) is 12.1 Å². The monoisotopic (exact) mass is 363 g/mol. The molecule has 0 aliphatic heterocycles. The quantitative estimate of drug-likeness (QED) is 0.637. The van der Waals surface area contributed by atoms with Crippen LogP contribution in [0.2, 0.25) is 0 Å². The first kappa shape index (κ1) is 17.5. The Labute approximate surface area is 156 Å². The van der Waals surface area contributed by atoms with E-state index in [4.69, 9.17) is 9.47 Å². The van der Waals surface area contributed by atoms with Crippen LogP contribution >= 0.6 is 11.3 Å². The molecule has 0 fully saturated rings. The molecule has 6 heteroatoms. The maximum Gasteiger partial charge on any atom is 0.145 e. The molecule has 26 heavy (non-hydrogen) atoms. The summed E-state index contributed by atoms with van der Waals surface area (Å²) in [5.74, 6) is 1.33. The van der Waals surface area contributed by atoms with Crippen molar-refractivity contribution in [2.24, 2.45) is 0 Å². The number of hydrogen-bond donors (Lipinski definition) is 1. The number of nitrogens with one attached hydrogen (secondary N) is 1. The zero-order valence-electron chi connectivity index (χ0n) is 14.4. The van der Waals surface area contributed by atoms with E-state index in [1.54, 1.807) is 26.5 Å². The van der Waals surface area contributed by atoms with Crippen LogP contribution in [0.3, 0.4) is 0 Å². The Morgan fingerprint density at radius 3 is 2.65 bits per heavy atom. The zero-order valence-corrected chi connectivity index (χ0v) is 15.2. The molecule has 0 bridgehead atoms. The maximum atomic E-state index is 9.50. The van der Waals surface area contributed by atoms with E-state index in [-0.39, 0.29) is 0 Å². The van der Waals surface area contributed by atoms with E-state index in [0.29, 0.717) is 22.1 Å². The lowest BCUT2D eigenvalue weighted by Gasteiger charge is -2.10. The van der Waals surface area contributed by atoms with Crippen LogP contribution in [0.25, 0.3) is 16.8 Å². The molecular weight excluding hydrogens is 346 g/mol. The predicted molar refractivity (Wildman–Crippen MR) is 104 cm³/mol. The second-order valence-corrected chi connectivity index (χ2v) is 6.14. The highest BCUT2D eigenvalue weighted by molar-refractivity contribution is 7.11. The molecule has 3 aromatic rings. The molecule has 5 nitrogen and oxygen atoms in total. The summed E-state index contributed by atoms with van der Waals surface area (Å²) in [6.45, 7) is 0. The van der Waals surface area contributed by atoms with Gasteiger partial charge in [0.15, 0.2) is 0 Å². The van der Waals surface area contributed by atoms with Crippen LogP contribution in [0.15, 0.2) is 60.1 Å². The van der Waals surface area contributed by atoms with Crippen molar-refractivity contribution in [1.82, 2.24) is 4.98 Å². The average Bonchev–Trinajstić information content (AvgIpc) is 3.19. The van der Waals surface area contributed by atoms with Crippen LogP contribution in [0.4, 0.5) is 5.69 Å². The maximum absolute atomic E-state index is 9.50. The SMILES string of the molecule is COc1ccc(NC=C(C#N)c2nc(-c3ccccc3)cs2)c(OC)c1. The number of hydrogen-bond acceptors (Lipinski definition) is 6. The number of methoxy groups -OCH3 is 2. The van der Waals surface area contributed by atoms with Crippen molar-refractivity contribution in [1.29, 1.82) is 5.26 Å². The molecule has 1 heterocycles. The summed E-state index contributed by atoms with van der Waals surface area (Å²) >= 11 is 1.44. The lowest BCUT2D eigenvalue weighted by Crippen LogP contribution is -1.95. The van der Waals surface area contributed by atoms with Gasteiger partial charge in [0, 0.05) is 23.2 Å². The molecule has 0 saturated carbocycles. The largest absolute Gasteiger partial charge is 0.497 e. The van der Waals surface area contributed by atoms with Crippen molar-refractivity contribution in [3.63, 3.8) is 0 Å². The fraction of sp³-hybridized carbons (Fsp3) is 0.100. The summed E-state index contributed by atoms with van der Waals surface area (Å²) in [5.41, 5.74) is 3.07. The summed E-state index contributed by atoms with van der Waals surface area (Å²) in [6, 6.07) is 17.5. The predicted octanol–water partition coefficient (Wildman–Crippen LogP) is 4.80. The Balaban J connectivity index is 1.84. The molecule has 0 aliphatic carbocycles. The molecule has 2 aromatic carbocycles. The second kappa shape index (κ2) is 8.19. The molecule has 3 rings (SSSR count). The molecule has 0 spiro atoms. The van der Waals surface area contributed by atoms with E-state index in [0.717, 1.165) is 16.9 Å². The summed E-state index contributed by atoms with van der Waals surface area (Å²) in [4.78, 5) is 4.57. The molecule has 0 amide bonds. The molecule has 0 unspecified atom stereocenters. The van der Waals surface area contributed by atoms with Gasteiger partial charge in [0.05, 0.1) is 25.6 Å². The van der Waals surface area contributed by atoms with Crippen molar-refractivity contribution in [2.45, 2.75) is 0 Å². The fourth-order valence-electron chi connectivity index (χ4n) is 2.35. The van der Waals surface area contributed by atoms with Gasteiger partial charge in [0.25, 0.3) is 0 Å². The van der Waals surface area contributed by atoms with Gasteiger partial charge in [-0.3, -0.25) is 0 Å². The van der Waals surface area contributed by atoms with Gasteiger partial charge in [-0.2, -0.15) is 5.26 Å². The minimum Gasteiger partial charge on any atom is -0.497 e. The van der Waals surface area contributed by atoms with Crippen LogP contribution in [0, 0.1) is 11.3 Å². The standard InChI is InChI=1S/C20H17N3O2S/c1-24-16-8-9-17(19(10-16)25-2)22-12-15(11-21)20-23-18(13-26-20)14-6-4-3-5-7-14/h3-10,12-13,22H,1-2H3. The number of nitrogens with zero attached hydrogens (tertiary/aromatic N) is 2. The van der Waals surface area contributed by atoms with E-state index >= 15 is 0 Å². The number of anilines is 1. The van der Waals surface area contributed by atoms with Crippen molar-refractivity contribution in [3.05, 3.63) is 65.1 Å². The second-order valence-electron chi connectivity index (χ2n) is 5.28. The van der Waals surface area contributed by atoms with Crippen LogP contribution in [0.5, 0.6) is 11.5 Å². The van der Waals surface area contributed by atoms with Crippen molar-refractivity contribution in [2.75, 3.05) is 19.5 Å². The third kappa shape index (κ3) is 3.85. The number of aromatic nitrogens is 1. The normalized spacial score (nSPS) is 10.9. The first-order valence-corrected chi connectivity index (χ1v) is 8.73. The van der Waals surface area contributed by atoms with Gasteiger partial charge in [-0.1, -0.05) is 30.3 Å². The topological polar surface area (TPSA) is 67.2 Å². The van der Waals surface area contributed by atoms with Crippen LogP contribution < -0.4 is 14.8 Å². The summed E-state index contributed by atoms with van der Waals surface area (Å²) in [6.07, 6.45) is 1.64. The Morgan fingerprint density at radius 1 is 1.15 bits per heavy atom. The number of thiazole rings is 1. The molecule has 1 aromatic heterocycles. The summed E-state index contributed by atoms with van der Waals surface area (Å²) in [5, 5.41) is 15.2. The van der Waals surface area contributed by atoms with Gasteiger partial charge < -0.3 is 14.8 Å². The van der Waals surface area contributed by atoms with Gasteiger partial charge >= 0.3 is 0 Å². The molecule has 0 radical (unpaired) electrons. The number of allylic oxidation sites excluding steroid dienone is 1. The zero-order chi connectivity index (χ0) is 18.4. The molecule has 0 atom stereocenters. The molecule has 0 aliphatic rings. The summed E-state index contributed by atoms with van der Waals surface area (Å²) in [7, 11) is 3.18. The van der Waals surface area contributed by atoms with Crippen LogP contribution in [0.1, 0.15) is 5.01 Å². The van der Waals surface area contributed by atoms with Gasteiger partial charge in [0.2, 0.25) is 0 Å². The minimum absolute atomic E-state index is 0.454. The van der Waals surface area contributed by atoms with Gasteiger partial charge in [-0.25, -0.2) is 4.98 Å². The first-order chi connectivity index (χ1) is 12.7. The Kier molecular flexibility index (Phi) is 5.52. The Hall–Kier alpha value is -3.30. The third-order valence-corrected chi connectivity index (χ3v) is 4.58. The molecule has 1 N–H and O–H groups in total. The van der Waals surface area contributed by atoms with Gasteiger partial charge in [-0.15, -0.1) is 11.3 Å². The minimum atomic E-state index is 0.454. The van der Waals surface area contributed by atoms with Crippen LogP contribution in [-0.2, 0) is 0 Å². The van der Waals surface area contributed by atoms with Crippen LogP contribution in [-0.4, -0.2) is 19.2 Å². The smallest absolute Gasteiger partial charge is 0.145 e. The average molecular weight is 363 g/mol. The highest BCUT2D eigenvalue weighted by Crippen LogP contribution is 2.30. The molecular formula is C20H17N3O2S. The first-order valence-electron chi connectivity index (χ1n) is 7.85. The van der Waals surface area contributed by atoms with E-state index in [1.807, 2.05) is 47.8 Å². The highest BCUT2D eigenvalue weighted by Gasteiger charge is 2.10. The van der Waals surface area contributed by atoms with Crippen molar-refractivity contribution in [3.8, 4) is 28.8 Å². The van der Waals surface area contributed by atoms with Crippen molar-refractivity contribution >= 4 is 22.6 Å². The number of benzene rings is 2. The lowest BCUT2D eigenvalue weighted by atomic mass is 10.2. The number of ether oxygens (including phenoxy) is 2. The fourth-order valence-corrected chi connectivity index (χ4v) is 3.14. The number of nitriles is 1. The molecule has 130 valence electrons. The van der Waals surface area contributed by atoms with E-state index < -0.39 is 0 Å². The number of rotatable bonds is 6. The van der Waals surface area contributed by atoms with E-state index in [1.165, 1.54) is 11.3 Å².